The SMILES string of the molecule is N=Cc1cccc(N=C(N)OC(N)=C2C=CC=NN2)c1. The molecule has 0 amide bonds. The van der Waals surface area contributed by atoms with Gasteiger partial charge in [-0.25, -0.2) is 0 Å². The van der Waals surface area contributed by atoms with Gasteiger partial charge in [0, 0.05) is 12.4 Å². The minimum atomic E-state index is -0.0955. The number of hydrogen-bond donors (Lipinski definition) is 4. The van der Waals surface area contributed by atoms with Crippen molar-refractivity contribution in [3.05, 3.63) is 53.6 Å². The maximum Gasteiger partial charge on any atom is 0.294 e. The van der Waals surface area contributed by atoms with Crippen LogP contribution < -0.4 is 16.9 Å². The number of hydrogen-bond acceptors (Lipinski definition) is 6. The average molecular weight is 270 g/mol. The summed E-state index contributed by atoms with van der Waals surface area (Å²) in [6.07, 6.45) is 6.21. The number of rotatable bonds is 3. The van der Waals surface area contributed by atoms with Gasteiger partial charge in [0.2, 0.25) is 5.88 Å². The Bertz CT molecular complexity index is 630. The first-order chi connectivity index (χ1) is 9.69. The molecule has 1 aliphatic heterocycles. The van der Waals surface area contributed by atoms with Crippen LogP contribution in [0.1, 0.15) is 5.56 Å². The van der Waals surface area contributed by atoms with E-state index in [-0.39, 0.29) is 11.9 Å². The number of benzene rings is 1. The molecule has 1 aromatic carbocycles. The van der Waals surface area contributed by atoms with E-state index in [4.69, 9.17) is 21.6 Å². The first kappa shape index (κ1) is 13.3. The van der Waals surface area contributed by atoms with Crippen molar-refractivity contribution in [2.24, 2.45) is 21.6 Å². The van der Waals surface area contributed by atoms with Crippen molar-refractivity contribution < 1.29 is 4.74 Å². The first-order valence-electron chi connectivity index (χ1n) is 5.77. The zero-order valence-electron chi connectivity index (χ0n) is 10.6. The number of nitrogens with one attached hydrogen (secondary N) is 2. The predicted molar refractivity (Wildman–Crippen MR) is 78.7 cm³/mol. The van der Waals surface area contributed by atoms with Crippen molar-refractivity contribution >= 4 is 24.1 Å². The Labute approximate surface area is 115 Å². The average Bonchev–Trinajstić information content (AvgIpc) is 2.48. The van der Waals surface area contributed by atoms with E-state index in [1.807, 2.05) is 0 Å². The maximum absolute atomic E-state index is 7.18. The lowest BCUT2D eigenvalue weighted by Crippen LogP contribution is -2.23. The summed E-state index contributed by atoms with van der Waals surface area (Å²) in [6, 6.07) is 6.91. The largest absolute Gasteiger partial charge is 0.407 e. The quantitative estimate of drug-likeness (QED) is 0.370. The third kappa shape index (κ3) is 3.45. The zero-order valence-corrected chi connectivity index (χ0v) is 10.6. The van der Waals surface area contributed by atoms with E-state index in [0.29, 0.717) is 11.4 Å². The standard InChI is InChI=1S/C13H14N6O/c14-8-9-3-1-4-10(7-9)18-13(16)20-12(15)11-5-2-6-17-19-11/h1-8,14,19H,15H2,(H2,16,18). The van der Waals surface area contributed by atoms with Crippen LogP contribution in [0.25, 0.3) is 0 Å². The predicted octanol–water partition coefficient (Wildman–Crippen LogP) is 0.920. The number of aliphatic imine (C=N–C) groups is 1. The third-order valence-electron chi connectivity index (χ3n) is 2.36. The molecule has 0 aliphatic carbocycles. The molecule has 1 aliphatic rings. The number of ether oxygens (including phenoxy) is 1. The van der Waals surface area contributed by atoms with Gasteiger partial charge < -0.3 is 21.6 Å². The minimum Gasteiger partial charge on any atom is -0.407 e. The molecule has 2 rings (SSSR count). The van der Waals surface area contributed by atoms with E-state index >= 15 is 0 Å². The van der Waals surface area contributed by atoms with Crippen molar-refractivity contribution in [2.45, 2.75) is 0 Å². The summed E-state index contributed by atoms with van der Waals surface area (Å²) in [5.41, 5.74) is 15.9. The van der Waals surface area contributed by atoms with Crippen LogP contribution in [0.3, 0.4) is 0 Å². The zero-order chi connectivity index (χ0) is 14.4. The van der Waals surface area contributed by atoms with E-state index in [0.717, 1.165) is 5.56 Å². The molecule has 0 saturated carbocycles. The lowest BCUT2D eigenvalue weighted by atomic mass is 10.2. The van der Waals surface area contributed by atoms with Gasteiger partial charge >= 0.3 is 0 Å². The van der Waals surface area contributed by atoms with E-state index in [1.54, 1.807) is 42.6 Å². The molecule has 6 N–H and O–H groups in total. The Morgan fingerprint density at radius 3 is 2.95 bits per heavy atom. The smallest absolute Gasteiger partial charge is 0.294 e. The molecule has 0 unspecified atom stereocenters. The fourth-order valence-electron chi connectivity index (χ4n) is 1.47. The van der Waals surface area contributed by atoms with Crippen LogP contribution in [0.5, 0.6) is 0 Å². The molecular formula is C13H14N6O. The highest BCUT2D eigenvalue weighted by Crippen LogP contribution is 2.13. The Hall–Kier alpha value is -3.09. The molecular weight excluding hydrogens is 256 g/mol. The van der Waals surface area contributed by atoms with Crippen molar-refractivity contribution in [2.75, 3.05) is 0 Å². The van der Waals surface area contributed by atoms with Gasteiger partial charge in [-0.05, 0) is 29.8 Å². The monoisotopic (exact) mass is 270 g/mol. The number of hydrazone groups is 1. The van der Waals surface area contributed by atoms with Crippen LogP contribution in [-0.4, -0.2) is 18.5 Å². The van der Waals surface area contributed by atoms with E-state index < -0.39 is 0 Å². The van der Waals surface area contributed by atoms with Crippen LogP contribution in [0.4, 0.5) is 5.69 Å². The third-order valence-corrected chi connectivity index (χ3v) is 2.36. The molecule has 7 heteroatoms. The lowest BCUT2D eigenvalue weighted by molar-refractivity contribution is 0.393. The van der Waals surface area contributed by atoms with Crippen LogP contribution in [0.2, 0.25) is 0 Å². The molecule has 0 saturated heterocycles. The Kier molecular flexibility index (Phi) is 4.13. The van der Waals surface area contributed by atoms with Crippen molar-refractivity contribution in [3.8, 4) is 0 Å². The molecule has 7 nitrogen and oxygen atoms in total. The summed E-state index contributed by atoms with van der Waals surface area (Å²) in [6.45, 7) is 0. The fourth-order valence-corrected chi connectivity index (χ4v) is 1.47. The van der Waals surface area contributed by atoms with Crippen LogP contribution in [0, 0.1) is 5.41 Å². The fraction of sp³-hybridized carbons (Fsp3) is 0. The second kappa shape index (κ2) is 6.19. The van der Waals surface area contributed by atoms with E-state index in [9.17, 15) is 0 Å². The number of nitrogens with two attached hydrogens (primary N) is 2. The molecule has 20 heavy (non-hydrogen) atoms. The van der Waals surface area contributed by atoms with Gasteiger partial charge in [-0.3, -0.25) is 5.43 Å². The highest BCUT2D eigenvalue weighted by atomic mass is 16.5. The Morgan fingerprint density at radius 2 is 2.25 bits per heavy atom. The van der Waals surface area contributed by atoms with E-state index in [1.165, 1.54) is 6.21 Å². The van der Waals surface area contributed by atoms with Gasteiger partial charge in [-0.2, -0.15) is 10.1 Å². The van der Waals surface area contributed by atoms with Crippen LogP contribution in [0.15, 0.2) is 58.1 Å². The molecule has 0 radical (unpaired) electrons. The second-order valence-electron chi connectivity index (χ2n) is 3.82. The molecule has 102 valence electrons. The van der Waals surface area contributed by atoms with Gasteiger partial charge in [0.05, 0.1) is 5.69 Å². The molecule has 1 aromatic rings. The van der Waals surface area contributed by atoms with E-state index in [2.05, 4.69) is 15.5 Å². The first-order valence-corrected chi connectivity index (χ1v) is 5.77. The molecule has 1 heterocycles. The number of allylic oxidation sites excluding steroid dienone is 2. The van der Waals surface area contributed by atoms with Crippen LogP contribution >= 0.6 is 0 Å². The summed E-state index contributed by atoms with van der Waals surface area (Å²) >= 11 is 0. The van der Waals surface area contributed by atoms with Crippen molar-refractivity contribution in [1.82, 2.24) is 5.43 Å². The summed E-state index contributed by atoms with van der Waals surface area (Å²) in [5, 5.41) is 11.0. The van der Waals surface area contributed by atoms with Gasteiger partial charge in [0.25, 0.3) is 6.02 Å². The highest BCUT2D eigenvalue weighted by molar-refractivity contribution is 5.81. The molecule has 0 atom stereocenters. The summed E-state index contributed by atoms with van der Waals surface area (Å²) in [4.78, 5) is 4.07. The number of amidine groups is 1. The molecule has 0 bridgehead atoms. The van der Waals surface area contributed by atoms with Crippen molar-refractivity contribution in [3.63, 3.8) is 0 Å². The summed E-state index contributed by atoms with van der Waals surface area (Å²) < 4.78 is 5.21. The maximum atomic E-state index is 7.18. The minimum absolute atomic E-state index is 0.0718. The normalized spacial score (nSPS) is 16.5. The Balaban J connectivity index is 2.12. The summed E-state index contributed by atoms with van der Waals surface area (Å²) in [5.74, 6) is 0.0718. The second-order valence-corrected chi connectivity index (χ2v) is 3.82. The lowest BCUT2D eigenvalue weighted by Gasteiger charge is -2.10. The van der Waals surface area contributed by atoms with Crippen molar-refractivity contribution in [1.29, 1.82) is 5.41 Å². The molecule has 0 aromatic heterocycles. The highest BCUT2D eigenvalue weighted by Gasteiger charge is 2.05. The summed E-state index contributed by atoms with van der Waals surface area (Å²) in [7, 11) is 0. The van der Waals surface area contributed by atoms with Gasteiger partial charge in [-0.15, -0.1) is 0 Å². The Morgan fingerprint density at radius 1 is 1.40 bits per heavy atom. The van der Waals surface area contributed by atoms with Crippen LogP contribution in [-0.2, 0) is 4.74 Å². The van der Waals surface area contributed by atoms with Gasteiger partial charge in [0.15, 0.2) is 0 Å². The topological polar surface area (TPSA) is 122 Å². The van der Waals surface area contributed by atoms with Gasteiger partial charge in [0.1, 0.15) is 5.70 Å². The number of nitrogens with zero attached hydrogens (tertiary/aromatic N) is 2. The van der Waals surface area contributed by atoms with Gasteiger partial charge in [-0.1, -0.05) is 12.1 Å². The molecule has 0 spiro atoms. The molecule has 0 fully saturated rings.